The van der Waals surface area contributed by atoms with Gasteiger partial charge in [0, 0.05) is 30.6 Å². The number of benzene rings is 2. The van der Waals surface area contributed by atoms with Crippen LogP contribution in [0.25, 0.3) is 0 Å². The van der Waals surface area contributed by atoms with Crippen molar-refractivity contribution >= 4 is 50.7 Å². The molecule has 0 bridgehead atoms. The Kier molecular flexibility index (Phi) is 11.5. The lowest BCUT2D eigenvalue weighted by Crippen LogP contribution is -2.50. The fraction of sp³-hybridized carbons (Fsp3) is 0.462. The third-order valence-corrected chi connectivity index (χ3v) is 7.72. The highest BCUT2D eigenvalue weighted by Gasteiger charge is 2.27. The molecule has 7 nitrogen and oxygen atoms in total. The lowest BCUT2D eigenvalue weighted by molar-refractivity contribution is -0.140. The van der Waals surface area contributed by atoms with Crippen LogP contribution >= 0.6 is 23.2 Å². The molecule has 0 fully saturated rings. The predicted octanol–water partition coefficient (Wildman–Crippen LogP) is 4.91. The highest BCUT2D eigenvalue weighted by atomic mass is 35.5. The number of anilines is 1. The molecule has 0 aromatic heterocycles. The average molecular weight is 557 g/mol. The Morgan fingerprint density at radius 2 is 1.69 bits per heavy atom. The average Bonchev–Trinajstić information content (AvgIpc) is 2.83. The molecule has 2 rings (SSSR count). The number of carbonyl (C=O) groups is 2. The van der Waals surface area contributed by atoms with Gasteiger partial charge in [-0.25, -0.2) is 8.42 Å². The zero-order chi connectivity index (χ0) is 26.9. The molecule has 0 aliphatic heterocycles. The van der Waals surface area contributed by atoms with E-state index in [0.29, 0.717) is 18.0 Å². The minimum Gasteiger partial charge on any atom is -0.352 e. The fourth-order valence-electron chi connectivity index (χ4n) is 3.69. The Morgan fingerprint density at radius 1 is 1.03 bits per heavy atom. The van der Waals surface area contributed by atoms with E-state index in [2.05, 4.69) is 5.32 Å². The van der Waals surface area contributed by atoms with Crippen molar-refractivity contribution in [2.45, 2.75) is 58.5 Å². The van der Waals surface area contributed by atoms with E-state index in [1.165, 1.54) is 12.1 Å². The van der Waals surface area contributed by atoms with Crippen molar-refractivity contribution in [3.8, 4) is 0 Å². The third-order valence-electron chi connectivity index (χ3n) is 5.98. The Morgan fingerprint density at radius 3 is 2.31 bits per heavy atom. The first-order valence-corrected chi connectivity index (χ1v) is 14.6. The van der Waals surface area contributed by atoms with Crippen LogP contribution in [0.1, 0.15) is 45.6 Å². The minimum atomic E-state index is -3.67. The standard InChI is InChI=1S/C26H35Cl2N3O4S/c1-5-19(2)29-26(33)20(3)30(17-15-21-10-7-6-8-11-21)25(32)12-9-16-31(36(4,34)35)24-18-22(27)13-14-23(24)28/h6-8,10-11,13-14,18-20H,5,9,12,15-17H2,1-4H3,(H,29,33)/t19-,20+/m0/s1. The highest BCUT2D eigenvalue weighted by Crippen LogP contribution is 2.31. The van der Waals surface area contributed by atoms with E-state index in [4.69, 9.17) is 23.2 Å². The highest BCUT2D eigenvalue weighted by molar-refractivity contribution is 7.92. The van der Waals surface area contributed by atoms with E-state index >= 15 is 0 Å². The van der Waals surface area contributed by atoms with Gasteiger partial charge in [-0.15, -0.1) is 0 Å². The first-order valence-electron chi connectivity index (χ1n) is 12.0. The maximum atomic E-state index is 13.3. The van der Waals surface area contributed by atoms with Crippen molar-refractivity contribution in [2.24, 2.45) is 0 Å². The van der Waals surface area contributed by atoms with Crippen molar-refractivity contribution < 1.29 is 18.0 Å². The fourth-order valence-corrected chi connectivity index (χ4v) is 5.10. The lowest BCUT2D eigenvalue weighted by atomic mass is 10.1. The van der Waals surface area contributed by atoms with Crippen LogP contribution in [-0.2, 0) is 26.0 Å². The van der Waals surface area contributed by atoms with Gasteiger partial charge in [0.1, 0.15) is 6.04 Å². The second-order valence-corrected chi connectivity index (χ2v) is 11.6. The van der Waals surface area contributed by atoms with E-state index in [9.17, 15) is 18.0 Å². The SMILES string of the molecule is CC[C@H](C)NC(=O)[C@@H](C)N(CCc1ccccc1)C(=O)CCCN(c1cc(Cl)ccc1Cl)S(C)(=O)=O. The number of sulfonamides is 1. The van der Waals surface area contributed by atoms with E-state index in [-0.39, 0.29) is 48.0 Å². The summed E-state index contributed by atoms with van der Waals surface area (Å²) >= 11 is 12.3. The molecule has 1 N–H and O–H groups in total. The van der Waals surface area contributed by atoms with Gasteiger partial charge in [0.25, 0.3) is 0 Å². The van der Waals surface area contributed by atoms with Gasteiger partial charge in [-0.05, 0) is 56.9 Å². The maximum absolute atomic E-state index is 13.3. The summed E-state index contributed by atoms with van der Waals surface area (Å²) in [5, 5.41) is 3.54. The Bertz CT molecular complexity index is 1130. The van der Waals surface area contributed by atoms with Crippen molar-refractivity contribution in [3.05, 3.63) is 64.1 Å². The molecular weight excluding hydrogens is 521 g/mol. The summed E-state index contributed by atoms with van der Waals surface area (Å²) in [6.07, 6.45) is 2.78. The molecule has 198 valence electrons. The van der Waals surface area contributed by atoms with Crippen LogP contribution in [0.3, 0.4) is 0 Å². The number of amides is 2. The van der Waals surface area contributed by atoms with Gasteiger partial charge >= 0.3 is 0 Å². The van der Waals surface area contributed by atoms with Crippen LogP contribution in [0.5, 0.6) is 0 Å². The van der Waals surface area contributed by atoms with Crippen LogP contribution in [0.2, 0.25) is 10.0 Å². The first kappa shape index (κ1) is 29.9. The second-order valence-electron chi connectivity index (χ2n) is 8.85. The van der Waals surface area contributed by atoms with Crippen molar-refractivity contribution in [3.63, 3.8) is 0 Å². The topological polar surface area (TPSA) is 86.8 Å². The largest absolute Gasteiger partial charge is 0.352 e. The summed E-state index contributed by atoms with van der Waals surface area (Å²) in [6, 6.07) is 13.7. The van der Waals surface area contributed by atoms with Crippen LogP contribution < -0.4 is 9.62 Å². The molecule has 0 heterocycles. The molecule has 0 aliphatic carbocycles. The van der Waals surface area contributed by atoms with Crippen LogP contribution in [0.4, 0.5) is 5.69 Å². The van der Waals surface area contributed by atoms with Gasteiger partial charge in [0.05, 0.1) is 17.0 Å². The number of hydrogen-bond acceptors (Lipinski definition) is 4. The summed E-state index contributed by atoms with van der Waals surface area (Å²) in [5.74, 6) is -0.433. The van der Waals surface area contributed by atoms with Gasteiger partial charge in [-0.1, -0.05) is 60.5 Å². The third kappa shape index (κ3) is 8.98. The summed E-state index contributed by atoms with van der Waals surface area (Å²) in [6.45, 7) is 6.03. The monoisotopic (exact) mass is 555 g/mol. The predicted molar refractivity (Wildman–Crippen MR) is 147 cm³/mol. The van der Waals surface area contributed by atoms with Gasteiger partial charge in [-0.2, -0.15) is 0 Å². The summed E-state index contributed by atoms with van der Waals surface area (Å²) < 4.78 is 26.1. The molecule has 0 unspecified atom stereocenters. The van der Waals surface area contributed by atoms with E-state index in [1.807, 2.05) is 44.2 Å². The first-order chi connectivity index (χ1) is 16.9. The van der Waals surface area contributed by atoms with Crippen LogP contribution in [0.15, 0.2) is 48.5 Å². The lowest BCUT2D eigenvalue weighted by Gasteiger charge is -2.30. The number of rotatable bonds is 13. The molecule has 2 atom stereocenters. The number of carbonyl (C=O) groups excluding carboxylic acids is 2. The smallest absolute Gasteiger partial charge is 0.242 e. The normalized spacial score (nSPS) is 13.1. The summed E-state index contributed by atoms with van der Waals surface area (Å²) in [4.78, 5) is 27.7. The number of nitrogens with zero attached hydrogens (tertiary/aromatic N) is 2. The number of hydrogen-bond donors (Lipinski definition) is 1. The Hall–Kier alpha value is -2.29. The zero-order valence-electron chi connectivity index (χ0n) is 21.2. The molecule has 0 aliphatic rings. The molecule has 36 heavy (non-hydrogen) atoms. The maximum Gasteiger partial charge on any atom is 0.242 e. The van der Waals surface area contributed by atoms with Gasteiger partial charge < -0.3 is 10.2 Å². The number of halogens is 2. The van der Waals surface area contributed by atoms with Crippen molar-refractivity contribution in [1.82, 2.24) is 10.2 Å². The van der Waals surface area contributed by atoms with Gasteiger partial charge in [-0.3, -0.25) is 13.9 Å². The quantitative estimate of drug-likeness (QED) is 0.380. The molecule has 0 saturated heterocycles. The van der Waals surface area contributed by atoms with Crippen LogP contribution in [0, 0.1) is 0 Å². The number of nitrogens with one attached hydrogen (secondary N) is 1. The zero-order valence-corrected chi connectivity index (χ0v) is 23.5. The van der Waals surface area contributed by atoms with Crippen LogP contribution in [-0.4, -0.2) is 56.6 Å². The molecule has 2 aromatic carbocycles. The van der Waals surface area contributed by atoms with Crippen molar-refractivity contribution in [1.29, 1.82) is 0 Å². The van der Waals surface area contributed by atoms with Crippen molar-refractivity contribution in [2.75, 3.05) is 23.7 Å². The van der Waals surface area contributed by atoms with Gasteiger partial charge in [0.15, 0.2) is 0 Å². The molecule has 2 aromatic rings. The molecular formula is C26H35Cl2N3O4S. The molecule has 0 radical (unpaired) electrons. The molecule has 0 saturated carbocycles. The Balaban J connectivity index is 2.15. The van der Waals surface area contributed by atoms with E-state index in [1.54, 1.807) is 17.9 Å². The van der Waals surface area contributed by atoms with E-state index in [0.717, 1.165) is 22.5 Å². The summed E-state index contributed by atoms with van der Waals surface area (Å²) in [7, 11) is -3.67. The second kappa shape index (κ2) is 13.9. The van der Waals surface area contributed by atoms with E-state index < -0.39 is 16.1 Å². The van der Waals surface area contributed by atoms with Gasteiger partial charge in [0.2, 0.25) is 21.8 Å². The summed E-state index contributed by atoms with van der Waals surface area (Å²) in [5.41, 5.74) is 1.32. The molecule has 2 amide bonds. The molecule has 10 heteroatoms. The molecule has 0 spiro atoms. The Labute approximate surface area is 224 Å². The minimum absolute atomic E-state index is 0.00297.